The van der Waals surface area contributed by atoms with Gasteiger partial charge < -0.3 is 14.7 Å². The van der Waals surface area contributed by atoms with Crippen LogP contribution in [-0.2, 0) is 9.59 Å². The third-order valence-electron chi connectivity index (χ3n) is 4.65. The Labute approximate surface area is 145 Å². The summed E-state index contributed by atoms with van der Waals surface area (Å²) in [5.41, 5.74) is 0.850. The highest BCUT2D eigenvalue weighted by atomic mass is 79.9. The van der Waals surface area contributed by atoms with Gasteiger partial charge in [-0.05, 0) is 48.1 Å². The van der Waals surface area contributed by atoms with Gasteiger partial charge >= 0.3 is 0 Å². The van der Waals surface area contributed by atoms with E-state index in [1.54, 1.807) is 4.90 Å². The summed E-state index contributed by atoms with van der Waals surface area (Å²) in [6, 6.07) is 7.66. The second-order valence-corrected chi connectivity index (χ2v) is 7.19. The Bertz CT molecular complexity index is 607. The first-order valence-electron chi connectivity index (χ1n) is 8.08. The lowest BCUT2D eigenvalue weighted by Gasteiger charge is -2.24. The molecule has 0 aliphatic carbocycles. The van der Waals surface area contributed by atoms with Crippen molar-refractivity contribution in [1.82, 2.24) is 9.80 Å². The Morgan fingerprint density at radius 1 is 1.17 bits per heavy atom. The molecule has 5 nitrogen and oxygen atoms in total. The fraction of sp³-hybridized carbons (Fsp3) is 0.529. The minimum Gasteiger partial charge on any atom is -0.341 e. The molecular formula is C17H22BrN3O2. The predicted octanol–water partition coefficient (Wildman–Crippen LogP) is 1.97. The summed E-state index contributed by atoms with van der Waals surface area (Å²) >= 11 is 3.49. The molecule has 23 heavy (non-hydrogen) atoms. The summed E-state index contributed by atoms with van der Waals surface area (Å²) in [6.07, 6.45) is 1.31. The summed E-state index contributed by atoms with van der Waals surface area (Å²) in [5.74, 6) is -0.0663. The molecule has 2 aliphatic heterocycles. The molecule has 0 bridgehead atoms. The van der Waals surface area contributed by atoms with Crippen LogP contribution in [0.2, 0.25) is 0 Å². The third kappa shape index (κ3) is 3.58. The number of rotatable bonds is 2. The number of hydrogen-bond donors (Lipinski definition) is 0. The zero-order valence-electron chi connectivity index (χ0n) is 13.4. The lowest BCUT2D eigenvalue weighted by molar-refractivity contribution is -0.135. The van der Waals surface area contributed by atoms with Crippen LogP contribution in [-0.4, -0.2) is 61.4 Å². The first kappa shape index (κ1) is 16.5. The highest BCUT2D eigenvalue weighted by molar-refractivity contribution is 9.10. The zero-order valence-corrected chi connectivity index (χ0v) is 15.0. The maximum Gasteiger partial charge on any atom is 0.228 e. The number of benzene rings is 1. The van der Waals surface area contributed by atoms with Crippen molar-refractivity contribution in [2.24, 2.45) is 5.92 Å². The van der Waals surface area contributed by atoms with E-state index in [2.05, 4.69) is 27.9 Å². The maximum atomic E-state index is 12.8. The number of hydrogen-bond acceptors (Lipinski definition) is 3. The normalized spacial score (nSPS) is 23.2. The van der Waals surface area contributed by atoms with Crippen molar-refractivity contribution in [2.75, 3.05) is 44.7 Å². The van der Waals surface area contributed by atoms with Crippen LogP contribution in [0.15, 0.2) is 28.7 Å². The highest BCUT2D eigenvalue weighted by Gasteiger charge is 2.37. The maximum absolute atomic E-state index is 12.8. The van der Waals surface area contributed by atoms with Gasteiger partial charge in [-0.2, -0.15) is 0 Å². The fourth-order valence-corrected chi connectivity index (χ4v) is 3.80. The van der Waals surface area contributed by atoms with E-state index < -0.39 is 0 Å². The molecule has 1 aromatic rings. The molecule has 2 aliphatic rings. The first-order chi connectivity index (χ1) is 11.1. The predicted molar refractivity (Wildman–Crippen MR) is 93.3 cm³/mol. The Morgan fingerprint density at radius 3 is 2.74 bits per heavy atom. The number of amides is 2. The third-order valence-corrected chi connectivity index (χ3v) is 5.32. The van der Waals surface area contributed by atoms with Crippen molar-refractivity contribution >= 4 is 33.4 Å². The number of anilines is 1. The van der Waals surface area contributed by atoms with E-state index in [9.17, 15) is 9.59 Å². The number of nitrogens with zero attached hydrogens (tertiary/aromatic N) is 3. The first-order valence-corrected chi connectivity index (χ1v) is 8.88. The average Bonchev–Trinajstić information content (AvgIpc) is 2.78. The van der Waals surface area contributed by atoms with Gasteiger partial charge in [-0.3, -0.25) is 9.59 Å². The summed E-state index contributed by atoms with van der Waals surface area (Å²) < 4.78 is 0.887. The van der Waals surface area contributed by atoms with Gasteiger partial charge in [0.25, 0.3) is 0 Å². The quantitative estimate of drug-likeness (QED) is 0.788. The van der Waals surface area contributed by atoms with E-state index in [-0.39, 0.29) is 17.7 Å². The average molecular weight is 380 g/mol. The van der Waals surface area contributed by atoms with E-state index in [0.29, 0.717) is 13.0 Å². The largest absolute Gasteiger partial charge is 0.341 e. The van der Waals surface area contributed by atoms with Crippen LogP contribution in [0.1, 0.15) is 12.8 Å². The van der Waals surface area contributed by atoms with E-state index >= 15 is 0 Å². The van der Waals surface area contributed by atoms with Gasteiger partial charge in [0.15, 0.2) is 0 Å². The number of likely N-dealkylation sites (N-methyl/N-ethyl adjacent to an activating group) is 1. The van der Waals surface area contributed by atoms with Crippen LogP contribution < -0.4 is 4.90 Å². The van der Waals surface area contributed by atoms with Crippen molar-refractivity contribution in [2.45, 2.75) is 12.8 Å². The molecule has 0 radical (unpaired) electrons. The van der Waals surface area contributed by atoms with Gasteiger partial charge in [0, 0.05) is 37.1 Å². The Morgan fingerprint density at radius 2 is 1.96 bits per heavy atom. The van der Waals surface area contributed by atoms with Crippen LogP contribution in [0.3, 0.4) is 0 Å². The molecular weight excluding hydrogens is 358 g/mol. The molecule has 0 saturated carbocycles. The van der Waals surface area contributed by atoms with Crippen LogP contribution in [0.5, 0.6) is 0 Å². The van der Waals surface area contributed by atoms with Gasteiger partial charge in [-0.1, -0.05) is 12.1 Å². The van der Waals surface area contributed by atoms with Gasteiger partial charge in [-0.25, -0.2) is 0 Å². The van der Waals surface area contributed by atoms with Crippen molar-refractivity contribution < 1.29 is 9.59 Å². The summed E-state index contributed by atoms with van der Waals surface area (Å²) in [7, 11) is 2.09. The molecule has 2 fully saturated rings. The van der Waals surface area contributed by atoms with Gasteiger partial charge in [0.2, 0.25) is 11.8 Å². The highest BCUT2D eigenvalue weighted by Crippen LogP contribution is 2.32. The van der Waals surface area contributed by atoms with Gasteiger partial charge in [0.05, 0.1) is 11.6 Å². The monoisotopic (exact) mass is 379 g/mol. The van der Waals surface area contributed by atoms with E-state index in [4.69, 9.17) is 0 Å². The van der Waals surface area contributed by atoms with Crippen LogP contribution in [0.25, 0.3) is 0 Å². The Hall–Kier alpha value is -1.40. The smallest absolute Gasteiger partial charge is 0.228 e. The topological polar surface area (TPSA) is 43.9 Å². The molecule has 0 N–H and O–H groups in total. The van der Waals surface area contributed by atoms with Crippen LogP contribution in [0, 0.1) is 5.92 Å². The minimum absolute atomic E-state index is 0.0298. The molecule has 6 heteroatoms. The van der Waals surface area contributed by atoms with E-state index in [1.165, 1.54) is 0 Å². The molecule has 2 saturated heterocycles. The van der Waals surface area contributed by atoms with E-state index in [1.807, 2.05) is 29.2 Å². The molecule has 1 unspecified atom stereocenters. The Balaban J connectivity index is 1.69. The second-order valence-electron chi connectivity index (χ2n) is 6.34. The zero-order chi connectivity index (χ0) is 16.4. The number of carbonyl (C=O) groups excluding carboxylic acids is 2. The van der Waals surface area contributed by atoms with Crippen LogP contribution >= 0.6 is 15.9 Å². The van der Waals surface area contributed by atoms with Gasteiger partial charge in [-0.15, -0.1) is 0 Å². The molecule has 3 rings (SSSR count). The molecule has 2 amide bonds. The fourth-order valence-electron chi connectivity index (χ4n) is 3.30. The molecule has 124 valence electrons. The molecule has 1 atom stereocenters. The summed E-state index contributed by atoms with van der Waals surface area (Å²) in [6.45, 7) is 3.96. The van der Waals surface area contributed by atoms with Crippen molar-refractivity contribution in [1.29, 1.82) is 0 Å². The van der Waals surface area contributed by atoms with E-state index in [0.717, 1.165) is 42.8 Å². The van der Waals surface area contributed by atoms with Crippen molar-refractivity contribution in [3.8, 4) is 0 Å². The van der Waals surface area contributed by atoms with Crippen molar-refractivity contribution in [3.05, 3.63) is 28.7 Å². The lowest BCUT2D eigenvalue weighted by atomic mass is 10.1. The Kier molecular flexibility index (Phi) is 5.02. The number of carbonyl (C=O) groups is 2. The molecule has 2 heterocycles. The number of halogens is 1. The lowest BCUT2D eigenvalue weighted by Crippen LogP contribution is -2.39. The molecule has 0 aromatic heterocycles. The molecule has 0 spiro atoms. The summed E-state index contributed by atoms with van der Waals surface area (Å²) in [5, 5.41) is 0. The minimum atomic E-state index is -0.224. The van der Waals surface area contributed by atoms with Crippen molar-refractivity contribution in [3.63, 3.8) is 0 Å². The number of para-hydroxylation sites is 1. The summed E-state index contributed by atoms with van der Waals surface area (Å²) in [4.78, 5) is 31.1. The van der Waals surface area contributed by atoms with Gasteiger partial charge in [0.1, 0.15) is 0 Å². The standard InChI is InChI=1S/C17H22BrN3O2/c1-19-7-4-8-20(10-9-19)17(23)13-11-16(22)21(12-13)15-6-3-2-5-14(15)18/h2-3,5-6,13H,4,7-12H2,1H3. The SMILES string of the molecule is CN1CCCN(C(=O)C2CC(=O)N(c3ccccc3Br)C2)CC1. The van der Waals surface area contributed by atoms with Crippen LogP contribution in [0.4, 0.5) is 5.69 Å². The molecule has 1 aromatic carbocycles. The second kappa shape index (κ2) is 7.01.